The van der Waals surface area contributed by atoms with Crippen LogP contribution in [0.1, 0.15) is 38.8 Å². The molecule has 0 saturated heterocycles. The molecule has 0 bridgehead atoms. The van der Waals surface area contributed by atoms with Gasteiger partial charge in [-0.25, -0.2) is 0 Å². The van der Waals surface area contributed by atoms with Gasteiger partial charge in [0.05, 0.1) is 0 Å². The van der Waals surface area contributed by atoms with Crippen molar-refractivity contribution in [2.75, 3.05) is 0 Å². The van der Waals surface area contributed by atoms with E-state index >= 15 is 0 Å². The van der Waals surface area contributed by atoms with Gasteiger partial charge in [-0.3, -0.25) is 4.79 Å². The predicted octanol–water partition coefficient (Wildman–Crippen LogP) is 3.93. The van der Waals surface area contributed by atoms with Gasteiger partial charge in [0.15, 0.2) is 0 Å². The molecule has 1 aromatic carbocycles. The lowest BCUT2D eigenvalue weighted by molar-refractivity contribution is 0.302. The van der Waals surface area contributed by atoms with Crippen molar-refractivity contribution >= 4 is 11.0 Å². The van der Waals surface area contributed by atoms with Crippen molar-refractivity contribution in [2.24, 2.45) is 0 Å². The van der Waals surface area contributed by atoms with Gasteiger partial charge >= 0.3 is 5.95 Å². The molecule has 0 spiro atoms. The number of phenols is 1. The Morgan fingerprint density at radius 1 is 0.958 bits per heavy atom. The molecule has 1 aromatic heterocycles. The first-order valence-corrected chi connectivity index (χ1v) is 7.71. The van der Waals surface area contributed by atoms with E-state index in [0.717, 1.165) is 11.1 Å². The topological polar surface area (TPSA) is 90.9 Å². The van der Waals surface area contributed by atoms with Gasteiger partial charge in [0.25, 0.3) is 0 Å². The molecule has 0 fully saturated rings. The maximum absolute atomic E-state index is 12.3. The number of fused-ring (bicyclic) bond motifs is 1. The average Bonchev–Trinajstić information content (AvgIpc) is 2.50. The second kappa shape index (κ2) is 6.83. The first-order valence-electron chi connectivity index (χ1n) is 7.71. The number of phenolic OH excluding ortho intramolecular Hbond substituents is 1. The second-order valence-electron chi connectivity index (χ2n) is 6.30. The fraction of sp³-hybridized carbons (Fsp3) is 0.316. The third-order valence-electron chi connectivity index (χ3n) is 3.71. The van der Waals surface area contributed by atoms with Gasteiger partial charge in [0.2, 0.25) is 11.2 Å². The van der Waals surface area contributed by atoms with E-state index in [2.05, 4.69) is 0 Å². The molecule has 0 radical (unpaired) electrons. The van der Waals surface area contributed by atoms with Gasteiger partial charge in [0, 0.05) is 5.56 Å². The van der Waals surface area contributed by atoms with Crippen LogP contribution in [0.4, 0.5) is 0 Å². The number of hydrogen-bond donors (Lipinski definition) is 3. The van der Waals surface area contributed by atoms with Crippen LogP contribution in [-0.2, 0) is 12.8 Å². The highest BCUT2D eigenvalue weighted by Crippen LogP contribution is 2.35. The highest BCUT2D eigenvalue weighted by Gasteiger charge is 2.20. The van der Waals surface area contributed by atoms with Crippen LogP contribution < -0.4 is 5.43 Å². The van der Waals surface area contributed by atoms with E-state index in [-0.39, 0.29) is 16.7 Å². The predicted molar refractivity (Wildman–Crippen MR) is 93.7 cm³/mol. The molecule has 2 aromatic rings. The van der Waals surface area contributed by atoms with Crippen molar-refractivity contribution in [3.8, 4) is 17.4 Å². The summed E-state index contributed by atoms with van der Waals surface area (Å²) in [6, 6.07) is 1.76. The van der Waals surface area contributed by atoms with E-state index in [1.807, 2.05) is 39.8 Å². The van der Waals surface area contributed by atoms with Gasteiger partial charge in [-0.1, -0.05) is 23.3 Å². The Kier molecular flexibility index (Phi) is 5.02. The summed E-state index contributed by atoms with van der Waals surface area (Å²) in [6.45, 7) is 7.79. The Hall–Kier alpha value is -2.69. The molecule has 0 amide bonds. The largest absolute Gasteiger partial charge is 0.507 e. The van der Waals surface area contributed by atoms with E-state index in [9.17, 15) is 20.1 Å². The molecular weight excluding hydrogens is 308 g/mol. The maximum Gasteiger partial charge on any atom is 0.330 e. The third-order valence-corrected chi connectivity index (χ3v) is 3.71. The molecule has 3 N–H and O–H groups in total. The number of hydrogen-bond acceptors (Lipinski definition) is 5. The number of aromatic hydroxyl groups is 3. The van der Waals surface area contributed by atoms with Crippen LogP contribution in [0.25, 0.3) is 11.0 Å². The zero-order valence-electron chi connectivity index (χ0n) is 14.3. The molecule has 1 heterocycles. The van der Waals surface area contributed by atoms with Gasteiger partial charge in [0.1, 0.15) is 16.7 Å². The summed E-state index contributed by atoms with van der Waals surface area (Å²) in [7, 11) is 0. The molecule has 5 heteroatoms. The van der Waals surface area contributed by atoms with Crippen molar-refractivity contribution in [1.82, 2.24) is 0 Å². The second-order valence-corrected chi connectivity index (χ2v) is 6.30. The molecule has 128 valence electrons. The van der Waals surface area contributed by atoms with Crippen LogP contribution in [-0.4, -0.2) is 15.3 Å². The van der Waals surface area contributed by atoms with Gasteiger partial charge < -0.3 is 19.7 Å². The van der Waals surface area contributed by atoms with Crippen LogP contribution in [0.2, 0.25) is 0 Å². The highest BCUT2D eigenvalue weighted by molar-refractivity contribution is 5.89. The van der Waals surface area contributed by atoms with E-state index < -0.39 is 17.1 Å². The Morgan fingerprint density at radius 2 is 1.50 bits per heavy atom. The van der Waals surface area contributed by atoms with Crippen LogP contribution in [0.15, 0.2) is 38.6 Å². The lowest BCUT2D eigenvalue weighted by Gasteiger charge is -2.11. The molecule has 0 unspecified atom stereocenters. The Morgan fingerprint density at radius 3 is 2.04 bits per heavy atom. The van der Waals surface area contributed by atoms with Crippen molar-refractivity contribution in [3.63, 3.8) is 0 Å². The molecular formula is C19H22O5. The first-order chi connectivity index (χ1) is 11.2. The summed E-state index contributed by atoms with van der Waals surface area (Å²) < 4.78 is 5.20. The van der Waals surface area contributed by atoms with E-state index in [1.54, 1.807) is 6.07 Å². The Bertz CT molecular complexity index is 892. The van der Waals surface area contributed by atoms with E-state index in [4.69, 9.17) is 4.42 Å². The summed E-state index contributed by atoms with van der Waals surface area (Å²) >= 11 is 0. The molecule has 0 aliphatic carbocycles. The monoisotopic (exact) mass is 330 g/mol. The lowest BCUT2D eigenvalue weighted by atomic mass is 9.98. The molecule has 0 aliphatic heterocycles. The minimum absolute atomic E-state index is 0.0891. The third kappa shape index (κ3) is 3.45. The van der Waals surface area contributed by atoms with Crippen LogP contribution in [0.3, 0.4) is 0 Å². The van der Waals surface area contributed by atoms with Crippen LogP contribution in [0, 0.1) is 0 Å². The quantitative estimate of drug-likeness (QED) is 0.739. The average molecular weight is 330 g/mol. The summed E-state index contributed by atoms with van der Waals surface area (Å²) in [5.41, 5.74) is 2.65. The SMILES string of the molecule is CC(C)=CCc1cc(CC=C(C)C)c2oc(O)c(O)c(=O)c2c1O. The lowest BCUT2D eigenvalue weighted by Crippen LogP contribution is -2.04. The summed E-state index contributed by atoms with van der Waals surface area (Å²) in [5, 5.41) is 29.6. The van der Waals surface area contributed by atoms with E-state index in [0.29, 0.717) is 24.0 Å². The zero-order valence-corrected chi connectivity index (χ0v) is 14.3. The Labute approximate surface area is 140 Å². The standard InChI is InChI=1S/C19H22O5/c1-10(2)5-7-12-9-13(8-6-11(3)4)18-14(15(12)20)16(21)17(22)19(23)24-18/h5-6,9,20,22-23H,7-8H2,1-4H3. The van der Waals surface area contributed by atoms with Crippen molar-refractivity contribution in [3.05, 3.63) is 50.7 Å². The van der Waals surface area contributed by atoms with Gasteiger partial charge in [-0.15, -0.1) is 0 Å². The molecule has 0 aliphatic rings. The summed E-state index contributed by atoms with van der Waals surface area (Å²) in [6.07, 6.45) is 4.83. The first kappa shape index (κ1) is 17.7. The van der Waals surface area contributed by atoms with Crippen molar-refractivity contribution in [1.29, 1.82) is 0 Å². The molecule has 5 nitrogen and oxygen atoms in total. The van der Waals surface area contributed by atoms with Crippen molar-refractivity contribution in [2.45, 2.75) is 40.5 Å². The minimum Gasteiger partial charge on any atom is -0.507 e. The molecule has 0 atom stereocenters. The fourth-order valence-electron chi connectivity index (χ4n) is 2.40. The molecule has 0 saturated carbocycles. The Balaban J connectivity index is 2.82. The summed E-state index contributed by atoms with van der Waals surface area (Å²) in [4.78, 5) is 12.3. The zero-order chi connectivity index (χ0) is 18.0. The fourth-order valence-corrected chi connectivity index (χ4v) is 2.40. The number of rotatable bonds is 4. The number of benzene rings is 1. The highest BCUT2D eigenvalue weighted by atomic mass is 16.5. The minimum atomic E-state index is -0.898. The maximum atomic E-state index is 12.3. The van der Waals surface area contributed by atoms with E-state index in [1.165, 1.54) is 0 Å². The summed E-state index contributed by atoms with van der Waals surface area (Å²) in [5.74, 6) is -1.97. The molecule has 2 rings (SSSR count). The van der Waals surface area contributed by atoms with Crippen LogP contribution >= 0.6 is 0 Å². The van der Waals surface area contributed by atoms with Crippen molar-refractivity contribution < 1.29 is 19.7 Å². The van der Waals surface area contributed by atoms with Gasteiger partial charge in [-0.05, 0) is 52.2 Å². The number of allylic oxidation sites excluding steroid dienone is 4. The smallest absolute Gasteiger partial charge is 0.330 e. The normalized spacial score (nSPS) is 10.7. The van der Waals surface area contributed by atoms with Crippen LogP contribution in [0.5, 0.6) is 17.4 Å². The molecule has 24 heavy (non-hydrogen) atoms. The van der Waals surface area contributed by atoms with Gasteiger partial charge in [-0.2, -0.15) is 0 Å².